The van der Waals surface area contributed by atoms with Crippen LogP contribution in [-0.2, 0) is 24.1 Å². The molecule has 0 N–H and O–H groups in total. The maximum atomic E-state index is 14.0. The van der Waals surface area contributed by atoms with Crippen molar-refractivity contribution in [3.8, 4) is 5.75 Å². The van der Waals surface area contributed by atoms with Crippen LogP contribution >= 0.6 is 11.8 Å². The summed E-state index contributed by atoms with van der Waals surface area (Å²) in [5.41, 5.74) is 2.39. The van der Waals surface area contributed by atoms with E-state index >= 15 is 0 Å². The van der Waals surface area contributed by atoms with Gasteiger partial charge in [0, 0.05) is 29.5 Å². The molecule has 3 aromatic rings. The molecule has 25 heavy (non-hydrogen) atoms. The minimum absolute atomic E-state index is 0.301. The minimum Gasteiger partial charge on any atom is -0.460 e. The highest BCUT2D eigenvalue weighted by molar-refractivity contribution is 7.98. The first-order valence-corrected chi connectivity index (χ1v) is 8.69. The summed E-state index contributed by atoms with van der Waals surface area (Å²) in [6.45, 7) is 0.301. The second-order valence-corrected chi connectivity index (χ2v) is 6.54. The number of thioether (sulfide) groups is 1. The lowest BCUT2D eigenvalue weighted by atomic mass is 10.1. The monoisotopic (exact) mass is 358 g/mol. The number of hydrogen-bond acceptors (Lipinski definition) is 6. The zero-order chi connectivity index (χ0) is 17.2. The molecule has 4 rings (SSSR count). The summed E-state index contributed by atoms with van der Waals surface area (Å²) in [4.78, 5) is 0. The van der Waals surface area contributed by atoms with Crippen molar-refractivity contribution in [1.29, 1.82) is 0 Å². The van der Waals surface area contributed by atoms with E-state index in [4.69, 9.17) is 9.47 Å². The maximum Gasteiger partial charge on any atom is 0.227 e. The van der Waals surface area contributed by atoms with E-state index in [0.29, 0.717) is 28.8 Å². The van der Waals surface area contributed by atoms with Crippen molar-refractivity contribution in [3.05, 3.63) is 65.0 Å². The lowest BCUT2D eigenvalue weighted by Crippen LogP contribution is -2.19. The van der Waals surface area contributed by atoms with Gasteiger partial charge in [-0.25, -0.2) is 9.07 Å². The molecule has 128 valence electrons. The summed E-state index contributed by atoms with van der Waals surface area (Å²) in [7, 11) is 1.76. The van der Waals surface area contributed by atoms with Gasteiger partial charge in [-0.3, -0.25) is 0 Å². The van der Waals surface area contributed by atoms with E-state index in [1.165, 1.54) is 23.9 Å². The molecule has 1 aromatic heterocycles. The predicted octanol–water partition coefficient (Wildman–Crippen LogP) is 3.25. The molecule has 0 amide bonds. The molecule has 0 bridgehead atoms. The van der Waals surface area contributed by atoms with Crippen LogP contribution < -0.4 is 4.74 Å². The summed E-state index contributed by atoms with van der Waals surface area (Å²) >= 11 is 1.42. The Kier molecular flexibility index (Phi) is 4.37. The number of halogens is 1. The Bertz CT molecular complexity index is 888. The summed E-state index contributed by atoms with van der Waals surface area (Å²) in [6.07, 6.45) is -0.501. The summed E-state index contributed by atoms with van der Waals surface area (Å²) in [5.74, 6) is 0.857. The Morgan fingerprint density at radius 1 is 1.28 bits per heavy atom. The third-order valence-electron chi connectivity index (χ3n) is 3.83. The van der Waals surface area contributed by atoms with E-state index < -0.39 is 6.29 Å². The third-order valence-corrected chi connectivity index (χ3v) is 4.89. The first-order valence-electron chi connectivity index (χ1n) is 7.70. The lowest BCUT2D eigenvalue weighted by Gasteiger charge is -2.28. The van der Waals surface area contributed by atoms with Crippen molar-refractivity contribution in [2.75, 3.05) is 0 Å². The molecular weight excluding hydrogens is 343 g/mol. The fourth-order valence-corrected chi connectivity index (χ4v) is 3.46. The van der Waals surface area contributed by atoms with Crippen molar-refractivity contribution in [2.24, 2.45) is 7.05 Å². The largest absolute Gasteiger partial charge is 0.460 e. The SMILES string of the molecule is Cn1nnnc1SCc1cc(F)cc2c1O[C@@H](c1ccccc1)OC2. The van der Waals surface area contributed by atoms with E-state index in [-0.39, 0.29) is 5.82 Å². The van der Waals surface area contributed by atoms with Gasteiger partial charge in [0.25, 0.3) is 0 Å². The van der Waals surface area contributed by atoms with Crippen LogP contribution in [0.25, 0.3) is 0 Å². The second-order valence-electron chi connectivity index (χ2n) is 5.60. The van der Waals surface area contributed by atoms with Crippen LogP contribution in [-0.4, -0.2) is 20.2 Å². The number of aromatic nitrogens is 4. The number of hydrogen-bond donors (Lipinski definition) is 0. The van der Waals surface area contributed by atoms with Gasteiger partial charge >= 0.3 is 0 Å². The van der Waals surface area contributed by atoms with Crippen LogP contribution in [0.1, 0.15) is 23.0 Å². The Labute approximate surface area is 147 Å². The lowest BCUT2D eigenvalue weighted by molar-refractivity contribution is -0.112. The fourth-order valence-electron chi connectivity index (χ4n) is 2.64. The molecule has 0 saturated carbocycles. The molecule has 2 heterocycles. The molecule has 2 aromatic carbocycles. The van der Waals surface area contributed by atoms with Crippen LogP contribution in [0.3, 0.4) is 0 Å². The third kappa shape index (κ3) is 3.35. The van der Waals surface area contributed by atoms with Gasteiger partial charge in [0.15, 0.2) is 0 Å². The summed E-state index contributed by atoms with van der Waals surface area (Å²) < 4.78 is 27.3. The topological polar surface area (TPSA) is 62.1 Å². The molecule has 8 heteroatoms. The molecule has 6 nitrogen and oxygen atoms in total. The maximum absolute atomic E-state index is 14.0. The number of rotatable bonds is 4. The smallest absolute Gasteiger partial charge is 0.227 e. The number of benzene rings is 2. The minimum atomic E-state index is -0.501. The van der Waals surface area contributed by atoms with Crippen LogP contribution in [0.5, 0.6) is 5.75 Å². The number of fused-ring (bicyclic) bond motifs is 1. The Balaban J connectivity index is 1.60. The van der Waals surface area contributed by atoms with Crippen LogP contribution in [0.15, 0.2) is 47.6 Å². The highest BCUT2D eigenvalue weighted by atomic mass is 32.2. The van der Waals surface area contributed by atoms with Gasteiger partial charge in [-0.05, 0) is 22.6 Å². The number of nitrogens with zero attached hydrogens (tertiary/aromatic N) is 4. The molecule has 0 saturated heterocycles. The molecule has 0 aliphatic carbocycles. The molecule has 1 atom stereocenters. The number of aryl methyl sites for hydroxylation is 1. The zero-order valence-corrected chi connectivity index (χ0v) is 14.2. The number of tetrazole rings is 1. The molecule has 0 fully saturated rings. The molecule has 0 spiro atoms. The molecular formula is C17H15FN4O2S. The summed E-state index contributed by atoms with van der Waals surface area (Å²) in [6, 6.07) is 12.6. The predicted molar refractivity (Wildman–Crippen MR) is 89.4 cm³/mol. The van der Waals surface area contributed by atoms with Gasteiger partial charge in [0.1, 0.15) is 11.6 Å². The number of ether oxygens (including phenoxy) is 2. The normalized spacial score (nSPS) is 16.3. The van der Waals surface area contributed by atoms with E-state index in [2.05, 4.69) is 15.5 Å². The average Bonchev–Trinajstić information content (AvgIpc) is 3.05. The van der Waals surface area contributed by atoms with Crippen LogP contribution in [0, 0.1) is 5.82 Å². The quantitative estimate of drug-likeness (QED) is 0.667. The molecule has 1 aliphatic rings. The van der Waals surface area contributed by atoms with Gasteiger partial charge in [0.2, 0.25) is 11.4 Å². The standard InChI is InChI=1S/C17H15FN4O2S/c1-22-17(19-20-21-22)25-10-13-8-14(18)7-12-9-23-16(24-15(12)13)11-5-3-2-4-6-11/h2-8,16H,9-10H2,1H3/t16-/m0/s1. The molecule has 1 aliphatic heterocycles. The molecule has 0 unspecified atom stereocenters. The van der Waals surface area contributed by atoms with Gasteiger partial charge in [-0.1, -0.05) is 42.1 Å². The van der Waals surface area contributed by atoms with E-state index in [1.807, 2.05) is 30.3 Å². The van der Waals surface area contributed by atoms with E-state index in [0.717, 1.165) is 11.1 Å². The van der Waals surface area contributed by atoms with Crippen molar-refractivity contribution in [2.45, 2.75) is 23.8 Å². The van der Waals surface area contributed by atoms with Crippen molar-refractivity contribution in [3.63, 3.8) is 0 Å². The van der Waals surface area contributed by atoms with Gasteiger partial charge < -0.3 is 9.47 Å². The van der Waals surface area contributed by atoms with E-state index in [9.17, 15) is 4.39 Å². The highest BCUT2D eigenvalue weighted by Gasteiger charge is 2.25. The van der Waals surface area contributed by atoms with Crippen molar-refractivity contribution >= 4 is 11.8 Å². The Morgan fingerprint density at radius 3 is 2.88 bits per heavy atom. The van der Waals surface area contributed by atoms with Gasteiger partial charge in [-0.15, -0.1) is 5.10 Å². The average molecular weight is 358 g/mol. The first-order chi connectivity index (χ1) is 12.2. The van der Waals surface area contributed by atoms with Gasteiger partial charge in [-0.2, -0.15) is 0 Å². The van der Waals surface area contributed by atoms with Gasteiger partial charge in [0.05, 0.1) is 6.61 Å². The van der Waals surface area contributed by atoms with Crippen molar-refractivity contribution in [1.82, 2.24) is 20.2 Å². The van der Waals surface area contributed by atoms with Crippen LogP contribution in [0.2, 0.25) is 0 Å². The highest BCUT2D eigenvalue weighted by Crippen LogP contribution is 2.38. The van der Waals surface area contributed by atoms with Crippen LogP contribution in [0.4, 0.5) is 4.39 Å². The molecule has 0 radical (unpaired) electrons. The zero-order valence-electron chi connectivity index (χ0n) is 13.4. The fraction of sp³-hybridized carbons (Fsp3) is 0.235. The summed E-state index contributed by atoms with van der Waals surface area (Å²) in [5, 5.41) is 12.0. The van der Waals surface area contributed by atoms with E-state index in [1.54, 1.807) is 11.7 Å². The first kappa shape index (κ1) is 16.0. The van der Waals surface area contributed by atoms with Crippen molar-refractivity contribution < 1.29 is 13.9 Å². The Morgan fingerprint density at radius 2 is 2.12 bits per heavy atom. The Hall–Kier alpha value is -2.45. The second kappa shape index (κ2) is 6.81.